The number of ether oxygens (including phenoxy) is 1. The molecule has 1 amide bonds. The molecule has 0 spiro atoms. The van der Waals surface area contributed by atoms with Gasteiger partial charge in [-0.15, -0.1) is 10.2 Å². The highest BCUT2D eigenvalue weighted by Crippen LogP contribution is 2.26. The molecule has 0 radical (unpaired) electrons. The summed E-state index contributed by atoms with van der Waals surface area (Å²) in [7, 11) is 0. The van der Waals surface area contributed by atoms with Gasteiger partial charge in [0, 0.05) is 12.2 Å². The second-order valence-corrected chi connectivity index (χ2v) is 8.14. The maximum absolute atomic E-state index is 11.9. The van der Waals surface area contributed by atoms with Crippen molar-refractivity contribution in [3.05, 3.63) is 29.8 Å². The number of thioether (sulfide) groups is 1. The summed E-state index contributed by atoms with van der Waals surface area (Å²) in [5, 5.41) is 11.4. The van der Waals surface area contributed by atoms with Gasteiger partial charge < -0.3 is 10.1 Å². The van der Waals surface area contributed by atoms with Gasteiger partial charge in [-0.3, -0.25) is 4.79 Å². The number of amides is 1. The van der Waals surface area contributed by atoms with Crippen LogP contribution >= 0.6 is 23.1 Å². The smallest absolute Gasteiger partial charge is 0.226 e. The Morgan fingerprint density at radius 2 is 2.04 bits per heavy atom. The molecule has 0 bridgehead atoms. The van der Waals surface area contributed by atoms with Crippen LogP contribution in [0.3, 0.4) is 0 Å². The molecule has 0 saturated carbocycles. The van der Waals surface area contributed by atoms with Crippen LogP contribution in [0.2, 0.25) is 0 Å². The molecule has 0 aliphatic heterocycles. The highest BCUT2D eigenvalue weighted by atomic mass is 32.2. The molecule has 0 saturated heterocycles. The van der Waals surface area contributed by atoms with Crippen molar-refractivity contribution in [3.8, 4) is 5.75 Å². The minimum Gasteiger partial charge on any atom is -0.494 e. The molecule has 1 heterocycles. The minimum atomic E-state index is -0.0564. The Balaban J connectivity index is 1.65. The van der Waals surface area contributed by atoms with E-state index in [1.165, 1.54) is 16.9 Å². The first-order chi connectivity index (χ1) is 11.5. The monoisotopic (exact) mass is 365 g/mol. The summed E-state index contributed by atoms with van der Waals surface area (Å²) < 4.78 is 6.50. The van der Waals surface area contributed by atoms with Gasteiger partial charge in [-0.1, -0.05) is 54.6 Å². The van der Waals surface area contributed by atoms with E-state index in [0.29, 0.717) is 30.5 Å². The molecule has 1 aromatic heterocycles. The predicted octanol–water partition coefficient (Wildman–Crippen LogP) is 4.39. The number of aromatic nitrogens is 2. The van der Waals surface area contributed by atoms with Crippen LogP contribution in [0.5, 0.6) is 5.75 Å². The van der Waals surface area contributed by atoms with Gasteiger partial charge >= 0.3 is 0 Å². The zero-order chi connectivity index (χ0) is 17.4. The molecular weight excluding hydrogens is 342 g/mol. The van der Waals surface area contributed by atoms with Crippen molar-refractivity contribution in [2.75, 3.05) is 17.7 Å². The molecule has 1 aromatic carbocycles. The fourth-order valence-electron chi connectivity index (χ4n) is 1.80. The van der Waals surface area contributed by atoms with Gasteiger partial charge in [0.1, 0.15) is 5.75 Å². The van der Waals surface area contributed by atoms with Crippen molar-refractivity contribution < 1.29 is 9.53 Å². The van der Waals surface area contributed by atoms with E-state index >= 15 is 0 Å². The Kier molecular flexibility index (Phi) is 7.52. The van der Waals surface area contributed by atoms with Crippen LogP contribution in [-0.2, 0) is 4.79 Å². The fraction of sp³-hybridized carbons (Fsp3) is 0.471. The Morgan fingerprint density at radius 1 is 1.29 bits per heavy atom. The summed E-state index contributed by atoms with van der Waals surface area (Å²) in [4.78, 5) is 11.9. The van der Waals surface area contributed by atoms with Gasteiger partial charge in [0.2, 0.25) is 11.0 Å². The van der Waals surface area contributed by atoms with Crippen molar-refractivity contribution in [2.24, 2.45) is 5.92 Å². The number of hydrogen-bond donors (Lipinski definition) is 1. The van der Waals surface area contributed by atoms with Crippen molar-refractivity contribution in [1.82, 2.24) is 10.2 Å². The second kappa shape index (κ2) is 9.64. The van der Waals surface area contributed by atoms with Crippen LogP contribution in [-0.4, -0.2) is 28.5 Å². The van der Waals surface area contributed by atoms with Gasteiger partial charge in [0.15, 0.2) is 4.34 Å². The molecule has 2 rings (SSSR count). The van der Waals surface area contributed by atoms with E-state index in [4.69, 9.17) is 4.74 Å². The van der Waals surface area contributed by atoms with Gasteiger partial charge in [-0.05, 0) is 31.4 Å². The summed E-state index contributed by atoms with van der Waals surface area (Å²) in [6, 6.07) is 7.89. The lowest BCUT2D eigenvalue weighted by atomic mass is 10.2. The summed E-state index contributed by atoms with van der Waals surface area (Å²) in [5.41, 5.74) is 1.20. The van der Waals surface area contributed by atoms with Crippen molar-refractivity contribution >= 4 is 34.1 Å². The first-order valence-corrected chi connectivity index (χ1v) is 9.79. The molecule has 5 nitrogen and oxygen atoms in total. The van der Waals surface area contributed by atoms with Crippen LogP contribution in [0.1, 0.15) is 32.3 Å². The van der Waals surface area contributed by atoms with E-state index < -0.39 is 0 Å². The maximum atomic E-state index is 11.9. The number of rotatable bonds is 9. The highest BCUT2D eigenvalue weighted by Gasteiger charge is 2.09. The van der Waals surface area contributed by atoms with E-state index in [1.54, 1.807) is 11.8 Å². The van der Waals surface area contributed by atoms with E-state index in [0.717, 1.165) is 15.8 Å². The molecule has 0 aliphatic rings. The van der Waals surface area contributed by atoms with Crippen LogP contribution in [0.4, 0.5) is 5.13 Å². The summed E-state index contributed by atoms with van der Waals surface area (Å²) in [5.74, 6) is 2.38. The lowest BCUT2D eigenvalue weighted by Gasteiger charge is -2.06. The van der Waals surface area contributed by atoms with Gasteiger partial charge in [0.05, 0.1) is 6.61 Å². The number of nitrogens with zero attached hydrogens (tertiary/aromatic N) is 2. The Morgan fingerprint density at radius 3 is 2.75 bits per heavy atom. The van der Waals surface area contributed by atoms with E-state index in [1.807, 2.05) is 31.2 Å². The highest BCUT2D eigenvalue weighted by molar-refractivity contribution is 8.01. The van der Waals surface area contributed by atoms with Crippen LogP contribution in [0.15, 0.2) is 28.6 Å². The van der Waals surface area contributed by atoms with E-state index in [9.17, 15) is 4.79 Å². The topological polar surface area (TPSA) is 64.1 Å². The Bertz CT molecular complexity index is 642. The number of benzene rings is 1. The fourth-order valence-corrected chi connectivity index (χ4v) is 3.54. The third-order valence-corrected chi connectivity index (χ3v) is 5.43. The standard InChI is InChI=1S/C17H23N3O2S2/c1-12(2)11-23-17-20-19-16(24-17)18-15(21)5-4-10-22-14-8-6-13(3)7-9-14/h6-9,12H,4-5,10-11H2,1-3H3,(H,18,19,21). The summed E-state index contributed by atoms with van der Waals surface area (Å²) in [6.07, 6.45) is 1.06. The molecule has 24 heavy (non-hydrogen) atoms. The van der Waals surface area contributed by atoms with Crippen molar-refractivity contribution in [3.63, 3.8) is 0 Å². The molecule has 0 unspecified atom stereocenters. The second-order valence-electron chi connectivity index (χ2n) is 5.89. The van der Waals surface area contributed by atoms with Crippen LogP contribution < -0.4 is 10.1 Å². The summed E-state index contributed by atoms with van der Waals surface area (Å²) in [6.45, 7) is 6.88. The SMILES string of the molecule is Cc1ccc(OCCCC(=O)Nc2nnc(SCC(C)C)s2)cc1. The molecule has 7 heteroatoms. The lowest BCUT2D eigenvalue weighted by Crippen LogP contribution is -2.12. The molecule has 130 valence electrons. The molecule has 0 fully saturated rings. The Labute approximate surface area is 151 Å². The van der Waals surface area contributed by atoms with Crippen molar-refractivity contribution in [2.45, 2.75) is 38.0 Å². The average molecular weight is 366 g/mol. The Hall–Kier alpha value is -1.60. The quantitative estimate of drug-likeness (QED) is 0.405. The number of aryl methyl sites for hydroxylation is 1. The van der Waals surface area contributed by atoms with E-state index in [-0.39, 0.29) is 5.91 Å². The average Bonchev–Trinajstić information content (AvgIpc) is 2.99. The number of carbonyl (C=O) groups is 1. The van der Waals surface area contributed by atoms with Crippen molar-refractivity contribution in [1.29, 1.82) is 0 Å². The largest absolute Gasteiger partial charge is 0.494 e. The maximum Gasteiger partial charge on any atom is 0.226 e. The molecule has 0 atom stereocenters. The molecular formula is C17H23N3O2S2. The minimum absolute atomic E-state index is 0.0564. The first kappa shape index (κ1) is 18.7. The third-order valence-electron chi connectivity index (χ3n) is 3.03. The first-order valence-electron chi connectivity index (χ1n) is 7.98. The predicted molar refractivity (Wildman–Crippen MR) is 100 cm³/mol. The van der Waals surface area contributed by atoms with Gasteiger partial charge in [-0.2, -0.15) is 0 Å². The van der Waals surface area contributed by atoms with E-state index in [2.05, 4.69) is 29.4 Å². The van der Waals surface area contributed by atoms with Gasteiger partial charge in [-0.25, -0.2) is 0 Å². The van der Waals surface area contributed by atoms with Gasteiger partial charge in [0.25, 0.3) is 0 Å². The molecule has 1 N–H and O–H groups in total. The number of hydrogen-bond acceptors (Lipinski definition) is 6. The normalized spacial score (nSPS) is 10.8. The lowest BCUT2D eigenvalue weighted by molar-refractivity contribution is -0.116. The zero-order valence-electron chi connectivity index (χ0n) is 14.2. The number of anilines is 1. The molecule has 2 aromatic rings. The molecule has 0 aliphatic carbocycles. The van der Waals surface area contributed by atoms with Crippen LogP contribution in [0.25, 0.3) is 0 Å². The number of carbonyl (C=O) groups excluding carboxylic acids is 1. The third kappa shape index (κ3) is 6.88. The van der Waals surface area contributed by atoms with Crippen LogP contribution in [0, 0.1) is 12.8 Å². The zero-order valence-corrected chi connectivity index (χ0v) is 15.9. The number of nitrogens with one attached hydrogen (secondary N) is 1. The summed E-state index contributed by atoms with van der Waals surface area (Å²) >= 11 is 3.09.